The van der Waals surface area contributed by atoms with Crippen molar-refractivity contribution in [3.63, 3.8) is 0 Å². The van der Waals surface area contributed by atoms with Gasteiger partial charge in [-0.3, -0.25) is 9.59 Å². The van der Waals surface area contributed by atoms with Crippen LogP contribution < -0.4 is 16.0 Å². The van der Waals surface area contributed by atoms with E-state index >= 15 is 0 Å². The van der Waals surface area contributed by atoms with Crippen molar-refractivity contribution in [1.82, 2.24) is 5.32 Å². The average Bonchev–Trinajstić information content (AvgIpc) is 3.15. The first-order chi connectivity index (χ1) is 16.0. The summed E-state index contributed by atoms with van der Waals surface area (Å²) >= 11 is 1.46. The minimum atomic E-state index is -0.489. The molecule has 0 bridgehead atoms. The van der Waals surface area contributed by atoms with Gasteiger partial charge in [-0.2, -0.15) is 0 Å². The van der Waals surface area contributed by atoms with Crippen molar-refractivity contribution in [2.75, 3.05) is 23.7 Å². The lowest BCUT2D eigenvalue weighted by Gasteiger charge is -2.18. The Hall–Kier alpha value is -3.03. The monoisotopic (exact) mass is 465 g/mol. The van der Waals surface area contributed by atoms with Crippen LogP contribution in [0.5, 0.6) is 0 Å². The van der Waals surface area contributed by atoms with Crippen molar-refractivity contribution in [1.29, 1.82) is 0 Å². The third kappa shape index (κ3) is 5.86. The van der Waals surface area contributed by atoms with E-state index in [1.807, 2.05) is 18.2 Å². The molecule has 1 aromatic heterocycles. The predicted octanol–water partition coefficient (Wildman–Crippen LogP) is 5.04. The number of carbonyl (C=O) groups is 2. The Bertz CT molecular complexity index is 1130. The molecule has 5 nitrogen and oxygen atoms in total. The molecule has 0 fully saturated rings. The first kappa shape index (κ1) is 23.1. The van der Waals surface area contributed by atoms with E-state index in [4.69, 9.17) is 0 Å². The Labute approximate surface area is 197 Å². The summed E-state index contributed by atoms with van der Waals surface area (Å²) in [5.41, 5.74) is 2.77. The van der Waals surface area contributed by atoms with Crippen LogP contribution in [0.1, 0.15) is 39.7 Å². The van der Waals surface area contributed by atoms with Gasteiger partial charge < -0.3 is 16.0 Å². The molecular formula is C26H28FN3O2S. The standard InChI is InChI=1S/C26H28FN3O2S/c1-17-11-12-19-22(15-17)33-26(24(19)25(32)29-21-10-6-5-9-20(21)27)30-23(31)16-28-14-13-18-7-3-2-4-8-18/h2-10,17,28H,11-16H2,1H3,(H,29,32)(H,30,31). The minimum absolute atomic E-state index is 0.131. The van der Waals surface area contributed by atoms with Crippen LogP contribution in [0.2, 0.25) is 0 Å². The fraction of sp³-hybridized carbons (Fsp3) is 0.308. The van der Waals surface area contributed by atoms with E-state index in [1.54, 1.807) is 12.1 Å². The fourth-order valence-electron chi connectivity index (χ4n) is 4.08. The van der Waals surface area contributed by atoms with Crippen LogP contribution in [0.25, 0.3) is 0 Å². The van der Waals surface area contributed by atoms with Crippen molar-refractivity contribution in [3.8, 4) is 0 Å². The molecule has 1 heterocycles. The molecule has 33 heavy (non-hydrogen) atoms. The number of rotatable bonds is 8. The molecule has 3 N–H and O–H groups in total. The SMILES string of the molecule is CC1CCc2c(sc(NC(=O)CNCCc3ccccc3)c2C(=O)Nc2ccccc2F)C1. The molecule has 2 amide bonds. The van der Waals surface area contributed by atoms with Crippen molar-refractivity contribution in [2.24, 2.45) is 5.92 Å². The maximum absolute atomic E-state index is 14.1. The number of para-hydroxylation sites is 1. The van der Waals surface area contributed by atoms with E-state index in [9.17, 15) is 14.0 Å². The van der Waals surface area contributed by atoms with Gasteiger partial charge in [-0.05, 0) is 61.4 Å². The summed E-state index contributed by atoms with van der Waals surface area (Å²) < 4.78 is 14.1. The molecule has 1 aliphatic rings. The van der Waals surface area contributed by atoms with Gasteiger partial charge in [-0.1, -0.05) is 49.4 Å². The first-order valence-corrected chi connectivity index (χ1v) is 12.1. The van der Waals surface area contributed by atoms with Gasteiger partial charge in [0.15, 0.2) is 0 Å². The molecule has 1 aliphatic carbocycles. The van der Waals surface area contributed by atoms with E-state index in [0.717, 1.165) is 36.1 Å². The summed E-state index contributed by atoms with van der Waals surface area (Å²) in [7, 11) is 0. The second-order valence-electron chi connectivity index (χ2n) is 8.45. The molecule has 1 atom stereocenters. The zero-order valence-electron chi connectivity index (χ0n) is 18.6. The van der Waals surface area contributed by atoms with Crippen molar-refractivity contribution < 1.29 is 14.0 Å². The van der Waals surface area contributed by atoms with Gasteiger partial charge in [-0.15, -0.1) is 11.3 Å². The second kappa shape index (κ2) is 10.7. The predicted molar refractivity (Wildman–Crippen MR) is 132 cm³/mol. The van der Waals surface area contributed by atoms with Crippen LogP contribution in [-0.4, -0.2) is 24.9 Å². The van der Waals surface area contributed by atoms with Crippen molar-refractivity contribution in [2.45, 2.75) is 32.6 Å². The molecule has 0 saturated heterocycles. The van der Waals surface area contributed by atoms with E-state index in [0.29, 0.717) is 23.0 Å². The van der Waals surface area contributed by atoms with Crippen LogP contribution in [0.3, 0.4) is 0 Å². The number of halogens is 1. The average molecular weight is 466 g/mol. The smallest absolute Gasteiger partial charge is 0.259 e. The summed E-state index contributed by atoms with van der Waals surface area (Å²) in [5, 5.41) is 9.31. The zero-order chi connectivity index (χ0) is 23.2. The number of benzene rings is 2. The third-order valence-electron chi connectivity index (χ3n) is 5.83. The van der Waals surface area contributed by atoms with Crippen LogP contribution in [-0.2, 0) is 24.1 Å². The molecule has 2 aromatic carbocycles. The third-order valence-corrected chi connectivity index (χ3v) is 7.00. The molecular weight excluding hydrogens is 437 g/mol. The highest BCUT2D eigenvalue weighted by molar-refractivity contribution is 7.17. The number of hydrogen-bond donors (Lipinski definition) is 3. The number of thiophene rings is 1. The number of nitrogens with one attached hydrogen (secondary N) is 3. The topological polar surface area (TPSA) is 70.2 Å². The number of anilines is 2. The lowest BCUT2D eigenvalue weighted by atomic mass is 9.88. The van der Waals surface area contributed by atoms with Crippen molar-refractivity contribution in [3.05, 3.63) is 82.0 Å². The molecule has 3 aromatic rings. The normalized spacial score (nSPS) is 15.0. The quantitative estimate of drug-likeness (QED) is 0.409. The van der Waals surface area contributed by atoms with Crippen LogP contribution >= 0.6 is 11.3 Å². The van der Waals surface area contributed by atoms with Gasteiger partial charge >= 0.3 is 0 Å². The van der Waals surface area contributed by atoms with Gasteiger partial charge in [0, 0.05) is 4.88 Å². The molecule has 4 rings (SSSR count). The maximum Gasteiger partial charge on any atom is 0.259 e. The number of fused-ring (bicyclic) bond motifs is 1. The van der Waals surface area contributed by atoms with Gasteiger partial charge in [0.05, 0.1) is 17.8 Å². The number of carbonyl (C=O) groups excluding carboxylic acids is 2. The highest BCUT2D eigenvalue weighted by Crippen LogP contribution is 2.40. The van der Waals surface area contributed by atoms with Crippen LogP contribution in [0.15, 0.2) is 54.6 Å². The van der Waals surface area contributed by atoms with E-state index in [2.05, 4.69) is 35.0 Å². The largest absolute Gasteiger partial charge is 0.319 e. The summed E-state index contributed by atoms with van der Waals surface area (Å²) in [6.45, 7) is 3.02. The first-order valence-electron chi connectivity index (χ1n) is 11.3. The Kier molecular flexibility index (Phi) is 7.52. The Morgan fingerprint density at radius 2 is 1.82 bits per heavy atom. The highest BCUT2D eigenvalue weighted by Gasteiger charge is 2.28. The van der Waals surface area contributed by atoms with E-state index < -0.39 is 5.82 Å². The molecule has 172 valence electrons. The van der Waals surface area contributed by atoms with Gasteiger partial charge in [0.1, 0.15) is 10.8 Å². The molecule has 0 saturated carbocycles. The molecule has 0 spiro atoms. The minimum Gasteiger partial charge on any atom is -0.319 e. The lowest BCUT2D eigenvalue weighted by molar-refractivity contribution is -0.115. The Balaban J connectivity index is 1.44. The molecule has 1 unspecified atom stereocenters. The van der Waals surface area contributed by atoms with Gasteiger partial charge in [0.25, 0.3) is 5.91 Å². The summed E-state index contributed by atoms with van der Waals surface area (Å²) in [5.74, 6) is -0.548. The summed E-state index contributed by atoms with van der Waals surface area (Å²) in [6, 6.07) is 16.2. The van der Waals surface area contributed by atoms with Crippen LogP contribution in [0.4, 0.5) is 15.1 Å². The fourth-order valence-corrected chi connectivity index (χ4v) is 5.50. The molecule has 0 radical (unpaired) electrons. The van der Waals surface area contributed by atoms with E-state index in [1.165, 1.54) is 29.0 Å². The Morgan fingerprint density at radius 1 is 1.06 bits per heavy atom. The van der Waals surface area contributed by atoms with E-state index in [-0.39, 0.29) is 24.0 Å². The van der Waals surface area contributed by atoms with Crippen molar-refractivity contribution >= 4 is 33.8 Å². The Morgan fingerprint density at radius 3 is 2.61 bits per heavy atom. The lowest BCUT2D eigenvalue weighted by Crippen LogP contribution is -2.30. The van der Waals surface area contributed by atoms with Gasteiger partial charge in [0.2, 0.25) is 5.91 Å². The molecule has 0 aliphatic heterocycles. The molecule has 7 heteroatoms. The van der Waals surface area contributed by atoms with Crippen LogP contribution in [0, 0.1) is 11.7 Å². The number of hydrogen-bond acceptors (Lipinski definition) is 4. The number of amides is 2. The summed E-state index contributed by atoms with van der Waals surface area (Å²) in [6.07, 6.45) is 3.47. The maximum atomic E-state index is 14.1. The highest BCUT2D eigenvalue weighted by atomic mass is 32.1. The second-order valence-corrected chi connectivity index (χ2v) is 9.56. The summed E-state index contributed by atoms with van der Waals surface area (Å²) in [4.78, 5) is 26.9. The zero-order valence-corrected chi connectivity index (χ0v) is 19.4. The van der Waals surface area contributed by atoms with Gasteiger partial charge in [-0.25, -0.2) is 4.39 Å².